The lowest BCUT2D eigenvalue weighted by molar-refractivity contribution is -0.137. The van der Waals surface area contributed by atoms with Gasteiger partial charge in [0, 0.05) is 19.6 Å². The molecule has 0 saturated heterocycles. The van der Waals surface area contributed by atoms with E-state index in [2.05, 4.69) is 0 Å². The molecule has 0 aliphatic heterocycles. The molecule has 0 radical (unpaired) electrons. The number of hydrogen-bond donors (Lipinski definition) is 0. The number of aryl methyl sites for hydroxylation is 1. The van der Waals surface area contributed by atoms with Crippen LogP contribution in [0, 0.1) is 6.92 Å². The van der Waals surface area contributed by atoms with Crippen LogP contribution >= 0.6 is 0 Å². The van der Waals surface area contributed by atoms with Gasteiger partial charge in [-0.3, -0.25) is 9.10 Å². The Morgan fingerprint density at radius 1 is 1.03 bits per heavy atom. The molecule has 1 amide bonds. The number of likely N-dealkylation sites (N-methyl/N-ethyl adjacent to an activating group) is 1. The highest BCUT2D eigenvalue weighted by molar-refractivity contribution is 7.92. The first-order chi connectivity index (χ1) is 15.7. The van der Waals surface area contributed by atoms with Gasteiger partial charge in [-0.1, -0.05) is 43.0 Å². The third-order valence-electron chi connectivity index (χ3n) is 6.13. The van der Waals surface area contributed by atoms with Crippen LogP contribution in [0.4, 0.5) is 5.69 Å². The molecule has 7 nitrogen and oxygen atoms in total. The largest absolute Gasteiger partial charge is 0.452 e. The van der Waals surface area contributed by atoms with Crippen molar-refractivity contribution < 1.29 is 22.7 Å². The second-order valence-electron chi connectivity index (χ2n) is 8.38. The van der Waals surface area contributed by atoms with E-state index in [0.717, 1.165) is 31.2 Å². The Bertz CT molecular complexity index is 1080. The van der Waals surface area contributed by atoms with Crippen molar-refractivity contribution in [3.8, 4) is 0 Å². The standard InChI is InChI=1S/C25H32N2O5S/c1-4-27(22-10-6-5-7-11-22)24(28)18-32-25(29)20-9-8-12-23(17-20)33(30,31)26(3)21-15-13-19(2)14-16-21/h8-9,12-17,22H,4-7,10-11,18H2,1-3H3. The third kappa shape index (κ3) is 5.93. The number of ether oxygens (including phenoxy) is 1. The van der Waals surface area contributed by atoms with E-state index in [1.165, 1.54) is 42.0 Å². The molecule has 0 unspecified atom stereocenters. The minimum Gasteiger partial charge on any atom is -0.452 e. The first-order valence-electron chi connectivity index (χ1n) is 11.4. The number of hydrogen-bond acceptors (Lipinski definition) is 5. The predicted octanol–water partition coefficient (Wildman–Crippen LogP) is 4.16. The van der Waals surface area contributed by atoms with Crippen molar-refractivity contribution in [3.05, 3.63) is 59.7 Å². The fraction of sp³-hybridized carbons (Fsp3) is 0.440. The molecular formula is C25H32N2O5S. The van der Waals surface area contributed by atoms with Crippen molar-refractivity contribution in [2.75, 3.05) is 24.5 Å². The van der Waals surface area contributed by atoms with Gasteiger partial charge in [-0.15, -0.1) is 0 Å². The normalized spacial score (nSPS) is 14.5. The van der Waals surface area contributed by atoms with Gasteiger partial charge in [-0.25, -0.2) is 13.2 Å². The molecule has 0 atom stereocenters. The van der Waals surface area contributed by atoms with Crippen molar-refractivity contribution >= 4 is 27.6 Å². The van der Waals surface area contributed by atoms with E-state index in [4.69, 9.17) is 4.74 Å². The van der Waals surface area contributed by atoms with Gasteiger partial charge in [0.25, 0.3) is 15.9 Å². The average molecular weight is 473 g/mol. The molecule has 33 heavy (non-hydrogen) atoms. The summed E-state index contributed by atoms with van der Waals surface area (Å²) in [6.45, 7) is 4.06. The topological polar surface area (TPSA) is 84.0 Å². The number of carbonyl (C=O) groups excluding carboxylic acids is 2. The molecule has 2 aromatic carbocycles. The minimum atomic E-state index is -3.87. The van der Waals surface area contributed by atoms with Gasteiger partial charge in [-0.2, -0.15) is 0 Å². The third-order valence-corrected chi connectivity index (χ3v) is 7.91. The van der Waals surface area contributed by atoms with Crippen molar-refractivity contribution in [1.82, 2.24) is 4.90 Å². The number of sulfonamides is 1. The van der Waals surface area contributed by atoms with E-state index < -0.39 is 16.0 Å². The molecule has 2 aromatic rings. The van der Waals surface area contributed by atoms with E-state index in [9.17, 15) is 18.0 Å². The lowest BCUT2D eigenvalue weighted by atomic mass is 9.94. The zero-order valence-corrected chi connectivity index (χ0v) is 20.3. The Balaban J connectivity index is 1.68. The smallest absolute Gasteiger partial charge is 0.338 e. The van der Waals surface area contributed by atoms with E-state index in [-0.39, 0.29) is 29.0 Å². The van der Waals surface area contributed by atoms with Crippen LogP contribution in [0.2, 0.25) is 0 Å². The minimum absolute atomic E-state index is 0.0243. The number of carbonyl (C=O) groups is 2. The number of anilines is 1. The molecule has 0 heterocycles. The number of esters is 1. The molecule has 3 rings (SSSR count). The van der Waals surface area contributed by atoms with Gasteiger partial charge in [0.05, 0.1) is 16.1 Å². The average Bonchev–Trinajstić information content (AvgIpc) is 2.83. The lowest BCUT2D eigenvalue weighted by Gasteiger charge is -2.33. The van der Waals surface area contributed by atoms with Gasteiger partial charge < -0.3 is 9.64 Å². The summed E-state index contributed by atoms with van der Waals surface area (Å²) in [5.74, 6) is -0.946. The quantitative estimate of drug-likeness (QED) is 0.539. The van der Waals surface area contributed by atoms with Crippen LogP contribution in [0.3, 0.4) is 0 Å². The second kappa shape index (κ2) is 10.8. The van der Waals surface area contributed by atoms with E-state index in [1.807, 2.05) is 26.0 Å². The number of benzene rings is 2. The van der Waals surface area contributed by atoms with Gasteiger partial charge in [0.2, 0.25) is 0 Å². The number of nitrogens with zero attached hydrogens (tertiary/aromatic N) is 2. The number of amides is 1. The van der Waals surface area contributed by atoms with Crippen LogP contribution in [0.25, 0.3) is 0 Å². The lowest BCUT2D eigenvalue weighted by Crippen LogP contribution is -2.43. The van der Waals surface area contributed by atoms with E-state index in [1.54, 1.807) is 17.0 Å². The molecule has 0 N–H and O–H groups in total. The van der Waals surface area contributed by atoms with Gasteiger partial charge in [-0.05, 0) is 57.0 Å². The van der Waals surface area contributed by atoms with E-state index in [0.29, 0.717) is 12.2 Å². The zero-order valence-electron chi connectivity index (χ0n) is 19.5. The van der Waals surface area contributed by atoms with Crippen molar-refractivity contribution in [3.63, 3.8) is 0 Å². The second-order valence-corrected chi connectivity index (χ2v) is 10.4. The van der Waals surface area contributed by atoms with Crippen LogP contribution < -0.4 is 4.31 Å². The van der Waals surface area contributed by atoms with Crippen LogP contribution in [0.15, 0.2) is 53.4 Å². The van der Waals surface area contributed by atoms with Crippen molar-refractivity contribution in [1.29, 1.82) is 0 Å². The summed E-state index contributed by atoms with van der Waals surface area (Å²) >= 11 is 0. The Morgan fingerprint density at radius 2 is 1.70 bits per heavy atom. The highest BCUT2D eigenvalue weighted by atomic mass is 32.2. The summed E-state index contributed by atoms with van der Waals surface area (Å²) in [4.78, 5) is 27.0. The summed E-state index contributed by atoms with van der Waals surface area (Å²) in [5.41, 5.74) is 1.62. The van der Waals surface area contributed by atoms with Gasteiger partial charge in [0.15, 0.2) is 6.61 Å². The van der Waals surface area contributed by atoms with Crippen LogP contribution in [0.1, 0.15) is 54.9 Å². The van der Waals surface area contributed by atoms with Gasteiger partial charge >= 0.3 is 5.97 Å². The SMILES string of the molecule is CCN(C(=O)COC(=O)c1cccc(S(=O)(=O)N(C)c2ccc(C)cc2)c1)C1CCCCC1. The summed E-state index contributed by atoms with van der Waals surface area (Å²) in [7, 11) is -2.41. The maximum Gasteiger partial charge on any atom is 0.338 e. The summed E-state index contributed by atoms with van der Waals surface area (Å²) < 4.78 is 32.6. The van der Waals surface area contributed by atoms with E-state index >= 15 is 0 Å². The Kier molecular flexibility index (Phi) is 8.13. The first kappa shape index (κ1) is 24.8. The summed E-state index contributed by atoms with van der Waals surface area (Å²) in [6, 6.07) is 13.0. The molecule has 1 aliphatic carbocycles. The Labute approximate surface area is 196 Å². The Morgan fingerprint density at radius 3 is 2.33 bits per heavy atom. The fourth-order valence-corrected chi connectivity index (χ4v) is 5.40. The van der Waals surface area contributed by atoms with Crippen LogP contribution in [-0.2, 0) is 19.6 Å². The fourth-order valence-electron chi connectivity index (χ4n) is 4.16. The molecule has 0 spiro atoms. The molecule has 1 aliphatic rings. The molecule has 1 saturated carbocycles. The molecule has 0 aromatic heterocycles. The summed E-state index contributed by atoms with van der Waals surface area (Å²) in [6.07, 6.45) is 5.35. The molecule has 178 valence electrons. The highest BCUT2D eigenvalue weighted by Gasteiger charge is 2.26. The number of rotatable bonds is 8. The highest BCUT2D eigenvalue weighted by Crippen LogP contribution is 2.24. The molecule has 8 heteroatoms. The molecule has 1 fully saturated rings. The zero-order chi connectivity index (χ0) is 24.0. The molecular weight excluding hydrogens is 440 g/mol. The van der Waals surface area contributed by atoms with Crippen LogP contribution in [0.5, 0.6) is 0 Å². The van der Waals surface area contributed by atoms with Crippen molar-refractivity contribution in [2.45, 2.75) is 56.9 Å². The maximum atomic E-state index is 13.1. The predicted molar refractivity (Wildman–Crippen MR) is 128 cm³/mol. The maximum absolute atomic E-state index is 13.1. The molecule has 0 bridgehead atoms. The van der Waals surface area contributed by atoms with Crippen molar-refractivity contribution in [2.24, 2.45) is 0 Å². The summed E-state index contributed by atoms with van der Waals surface area (Å²) in [5, 5.41) is 0. The first-order valence-corrected chi connectivity index (χ1v) is 12.8. The van der Waals surface area contributed by atoms with Crippen LogP contribution in [-0.4, -0.2) is 51.4 Å². The Hall–Kier alpha value is -2.87. The van der Waals surface area contributed by atoms with Gasteiger partial charge in [0.1, 0.15) is 0 Å². The monoisotopic (exact) mass is 472 g/mol.